The molecule has 1 aromatic carbocycles. The Morgan fingerprint density at radius 3 is 2.50 bits per heavy atom. The van der Waals surface area contributed by atoms with Gasteiger partial charge in [0.15, 0.2) is 17.3 Å². The molecule has 3 rings (SSSR count). The first-order chi connectivity index (χ1) is 13.6. The van der Waals surface area contributed by atoms with Crippen LogP contribution in [0, 0.1) is 0 Å². The molecule has 2 amide bonds. The van der Waals surface area contributed by atoms with Crippen molar-refractivity contribution in [2.75, 3.05) is 27.9 Å². The summed E-state index contributed by atoms with van der Waals surface area (Å²) < 4.78 is 21.2. The van der Waals surface area contributed by atoms with E-state index >= 15 is 0 Å². The lowest BCUT2D eigenvalue weighted by molar-refractivity contribution is -0.125. The second-order valence-electron chi connectivity index (χ2n) is 6.37. The predicted octanol–water partition coefficient (Wildman–Crippen LogP) is 2.23. The van der Waals surface area contributed by atoms with Gasteiger partial charge in [0.1, 0.15) is 11.8 Å². The lowest BCUT2D eigenvalue weighted by atomic mass is 10.1. The fraction of sp³-hybridized carbons (Fsp3) is 0.400. The maximum atomic E-state index is 12.7. The highest BCUT2D eigenvalue weighted by molar-refractivity contribution is 5.96. The van der Waals surface area contributed by atoms with E-state index in [4.69, 9.17) is 18.6 Å². The van der Waals surface area contributed by atoms with E-state index in [0.717, 1.165) is 12.0 Å². The summed E-state index contributed by atoms with van der Waals surface area (Å²) in [6, 6.07) is 6.20. The van der Waals surface area contributed by atoms with E-state index in [1.54, 1.807) is 50.5 Å². The first-order valence-corrected chi connectivity index (χ1v) is 9.00. The second-order valence-corrected chi connectivity index (χ2v) is 6.37. The predicted molar refractivity (Wildman–Crippen MR) is 101 cm³/mol. The summed E-state index contributed by atoms with van der Waals surface area (Å²) in [5.41, 5.74) is 0.746. The third-order valence-corrected chi connectivity index (χ3v) is 4.79. The number of amides is 2. The molecule has 1 unspecified atom stereocenters. The molecule has 1 fully saturated rings. The van der Waals surface area contributed by atoms with Crippen molar-refractivity contribution in [3.8, 4) is 17.2 Å². The molecule has 1 aromatic heterocycles. The SMILES string of the molecule is COc1cc(OC)c(OC)cc1CNC(=O)C1CCCN1C(=O)c1ccco1. The largest absolute Gasteiger partial charge is 0.496 e. The standard InChI is InChI=1S/C20H24N2O6/c1-25-16-11-18(27-3)17(26-2)10-13(16)12-21-19(23)14-6-4-8-22(14)20(24)15-7-5-9-28-15/h5,7,9-11,14H,4,6,8,12H2,1-3H3,(H,21,23). The van der Waals surface area contributed by atoms with Crippen LogP contribution in [-0.2, 0) is 11.3 Å². The van der Waals surface area contributed by atoms with Gasteiger partial charge in [0.05, 0.1) is 27.6 Å². The molecule has 0 saturated carbocycles. The van der Waals surface area contributed by atoms with Crippen LogP contribution in [0.15, 0.2) is 34.9 Å². The van der Waals surface area contributed by atoms with Crippen molar-refractivity contribution < 1.29 is 28.2 Å². The molecule has 0 bridgehead atoms. The van der Waals surface area contributed by atoms with Gasteiger partial charge in [-0.05, 0) is 31.0 Å². The number of furan rings is 1. The summed E-state index contributed by atoms with van der Waals surface area (Å²) in [6.45, 7) is 0.763. The molecular formula is C20H24N2O6. The monoisotopic (exact) mass is 388 g/mol. The highest BCUT2D eigenvalue weighted by atomic mass is 16.5. The first kappa shape index (κ1) is 19.6. The van der Waals surface area contributed by atoms with Gasteiger partial charge in [-0.1, -0.05) is 0 Å². The fourth-order valence-electron chi connectivity index (χ4n) is 3.35. The lowest BCUT2D eigenvalue weighted by Gasteiger charge is -2.23. The van der Waals surface area contributed by atoms with E-state index in [0.29, 0.717) is 30.2 Å². The normalized spacial score (nSPS) is 16.0. The van der Waals surface area contributed by atoms with E-state index in [2.05, 4.69) is 5.32 Å². The number of carbonyl (C=O) groups is 2. The Bertz CT molecular complexity index is 833. The van der Waals surface area contributed by atoms with Crippen LogP contribution < -0.4 is 19.5 Å². The Labute approximate surface area is 163 Å². The Kier molecular flexibility index (Phi) is 6.08. The van der Waals surface area contributed by atoms with Gasteiger partial charge in [-0.2, -0.15) is 0 Å². The van der Waals surface area contributed by atoms with Gasteiger partial charge in [-0.25, -0.2) is 0 Å². The van der Waals surface area contributed by atoms with E-state index in [-0.39, 0.29) is 24.1 Å². The van der Waals surface area contributed by atoms with Gasteiger partial charge in [-0.3, -0.25) is 9.59 Å². The number of rotatable bonds is 7. The summed E-state index contributed by atoms with van der Waals surface area (Å²) in [5, 5.41) is 2.89. The number of methoxy groups -OCH3 is 3. The minimum absolute atomic E-state index is 0.214. The zero-order valence-electron chi connectivity index (χ0n) is 16.2. The summed E-state index contributed by atoms with van der Waals surface area (Å²) >= 11 is 0. The Morgan fingerprint density at radius 1 is 1.14 bits per heavy atom. The second kappa shape index (κ2) is 8.69. The average molecular weight is 388 g/mol. The molecule has 1 N–H and O–H groups in total. The van der Waals surface area contributed by atoms with Crippen LogP contribution in [0.25, 0.3) is 0 Å². The highest BCUT2D eigenvalue weighted by Gasteiger charge is 2.35. The van der Waals surface area contributed by atoms with E-state index in [1.165, 1.54) is 6.26 Å². The topological polar surface area (TPSA) is 90.2 Å². The number of likely N-dealkylation sites (tertiary alicyclic amines) is 1. The van der Waals surface area contributed by atoms with Crippen molar-refractivity contribution in [2.45, 2.75) is 25.4 Å². The van der Waals surface area contributed by atoms with Crippen LogP contribution >= 0.6 is 0 Å². The zero-order chi connectivity index (χ0) is 20.1. The summed E-state index contributed by atoms with van der Waals surface area (Å²) in [6.07, 6.45) is 2.83. The van der Waals surface area contributed by atoms with Crippen LogP contribution in [0.1, 0.15) is 29.0 Å². The molecule has 0 aliphatic carbocycles. The molecule has 0 spiro atoms. The van der Waals surface area contributed by atoms with Gasteiger partial charge in [0.25, 0.3) is 5.91 Å². The molecule has 150 valence electrons. The molecule has 1 saturated heterocycles. The molecule has 2 heterocycles. The molecule has 2 aromatic rings. The molecule has 0 radical (unpaired) electrons. The van der Waals surface area contributed by atoms with Crippen molar-refractivity contribution in [2.24, 2.45) is 0 Å². The number of hydrogen-bond acceptors (Lipinski definition) is 6. The number of nitrogens with zero attached hydrogens (tertiary/aromatic N) is 1. The zero-order valence-corrected chi connectivity index (χ0v) is 16.2. The van der Waals surface area contributed by atoms with Crippen molar-refractivity contribution in [1.82, 2.24) is 10.2 Å². The molecular weight excluding hydrogens is 364 g/mol. The summed E-state index contributed by atoms with van der Waals surface area (Å²) in [4.78, 5) is 26.9. The average Bonchev–Trinajstić information content (AvgIpc) is 3.42. The fourth-order valence-corrected chi connectivity index (χ4v) is 3.35. The van der Waals surface area contributed by atoms with E-state index in [1.807, 2.05) is 0 Å². The van der Waals surface area contributed by atoms with Gasteiger partial charge < -0.3 is 28.8 Å². The molecule has 8 nitrogen and oxygen atoms in total. The Morgan fingerprint density at radius 2 is 1.86 bits per heavy atom. The molecule has 1 aliphatic heterocycles. The van der Waals surface area contributed by atoms with Crippen LogP contribution in [0.4, 0.5) is 0 Å². The third kappa shape index (κ3) is 3.90. The quantitative estimate of drug-likeness (QED) is 0.782. The summed E-state index contributed by atoms with van der Waals surface area (Å²) in [5.74, 6) is 1.42. The summed E-state index contributed by atoms with van der Waals surface area (Å²) in [7, 11) is 4.64. The Balaban J connectivity index is 1.70. The van der Waals surface area contributed by atoms with E-state index < -0.39 is 6.04 Å². The van der Waals surface area contributed by atoms with Crippen molar-refractivity contribution in [1.29, 1.82) is 0 Å². The van der Waals surface area contributed by atoms with E-state index in [9.17, 15) is 9.59 Å². The number of hydrogen-bond donors (Lipinski definition) is 1. The number of ether oxygens (including phenoxy) is 3. The first-order valence-electron chi connectivity index (χ1n) is 9.00. The third-order valence-electron chi connectivity index (χ3n) is 4.79. The smallest absolute Gasteiger partial charge is 0.290 e. The molecule has 8 heteroatoms. The van der Waals surface area contributed by atoms with Gasteiger partial charge in [0, 0.05) is 24.7 Å². The van der Waals surface area contributed by atoms with Crippen LogP contribution in [0.3, 0.4) is 0 Å². The van der Waals surface area contributed by atoms with Crippen molar-refractivity contribution >= 4 is 11.8 Å². The lowest BCUT2D eigenvalue weighted by Crippen LogP contribution is -2.45. The van der Waals surface area contributed by atoms with Crippen LogP contribution in [0.5, 0.6) is 17.2 Å². The van der Waals surface area contributed by atoms with Gasteiger partial charge in [0.2, 0.25) is 5.91 Å². The van der Waals surface area contributed by atoms with Gasteiger partial charge in [-0.15, -0.1) is 0 Å². The molecule has 28 heavy (non-hydrogen) atoms. The molecule has 1 aliphatic rings. The van der Waals surface area contributed by atoms with Crippen LogP contribution in [0.2, 0.25) is 0 Å². The number of nitrogens with one attached hydrogen (secondary N) is 1. The highest BCUT2D eigenvalue weighted by Crippen LogP contribution is 2.34. The number of benzene rings is 1. The maximum absolute atomic E-state index is 12.7. The van der Waals surface area contributed by atoms with Crippen molar-refractivity contribution in [3.05, 3.63) is 41.9 Å². The Hall–Kier alpha value is -3.16. The van der Waals surface area contributed by atoms with Gasteiger partial charge >= 0.3 is 0 Å². The minimum Gasteiger partial charge on any atom is -0.496 e. The van der Waals surface area contributed by atoms with Crippen LogP contribution in [-0.4, -0.2) is 50.6 Å². The minimum atomic E-state index is -0.524. The maximum Gasteiger partial charge on any atom is 0.290 e. The van der Waals surface area contributed by atoms with Crippen molar-refractivity contribution in [3.63, 3.8) is 0 Å². The molecule has 1 atom stereocenters. The number of carbonyl (C=O) groups excluding carboxylic acids is 2.